The fourth-order valence-electron chi connectivity index (χ4n) is 3.70. The van der Waals surface area contributed by atoms with Crippen LogP contribution in [0.4, 0.5) is 0 Å². The molecule has 31 heavy (non-hydrogen) atoms. The Morgan fingerprint density at radius 3 is 2.35 bits per heavy atom. The van der Waals surface area contributed by atoms with E-state index in [4.69, 9.17) is 28.2 Å². The van der Waals surface area contributed by atoms with Crippen LogP contribution in [0.2, 0.25) is 10.0 Å². The standard InChI is InChI=1S/C26H16Cl2N2O/c27-19-14-12-18(22(28)16-19)13-15-25-29-23-10-4-3-9-21(23)26(31)30(25)24-11-5-7-17-6-1-2-8-20(17)24/h1-16H/b15-13-. The molecule has 0 atom stereocenters. The van der Waals surface area contributed by atoms with E-state index in [1.165, 1.54) is 0 Å². The van der Waals surface area contributed by atoms with Crippen molar-refractivity contribution in [3.05, 3.63) is 117 Å². The van der Waals surface area contributed by atoms with Crippen molar-refractivity contribution in [3.8, 4) is 5.69 Å². The van der Waals surface area contributed by atoms with Gasteiger partial charge in [-0.15, -0.1) is 0 Å². The van der Waals surface area contributed by atoms with Crippen molar-refractivity contribution in [2.45, 2.75) is 0 Å². The van der Waals surface area contributed by atoms with Gasteiger partial charge in [-0.1, -0.05) is 77.8 Å². The third-order valence-electron chi connectivity index (χ3n) is 5.18. The van der Waals surface area contributed by atoms with Crippen LogP contribution >= 0.6 is 23.2 Å². The van der Waals surface area contributed by atoms with Gasteiger partial charge in [-0.05, 0) is 53.4 Å². The molecule has 150 valence electrons. The molecule has 3 nitrogen and oxygen atoms in total. The molecule has 1 aromatic heterocycles. The number of nitrogens with zero attached hydrogens (tertiary/aromatic N) is 2. The molecule has 0 spiro atoms. The third kappa shape index (κ3) is 3.63. The molecular formula is C26H16Cl2N2O. The maximum Gasteiger partial charge on any atom is 0.266 e. The van der Waals surface area contributed by atoms with Crippen molar-refractivity contribution in [1.82, 2.24) is 9.55 Å². The molecule has 5 heteroatoms. The predicted molar refractivity (Wildman–Crippen MR) is 130 cm³/mol. The van der Waals surface area contributed by atoms with Gasteiger partial charge in [0.05, 0.1) is 16.6 Å². The molecule has 0 saturated carbocycles. The van der Waals surface area contributed by atoms with Gasteiger partial charge in [-0.2, -0.15) is 0 Å². The normalized spacial score (nSPS) is 11.5. The Bertz CT molecular complexity index is 1530. The fraction of sp³-hybridized carbons (Fsp3) is 0. The van der Waals surface area contributed by atoms with Crippen molar-refractivity contribution < 1.29 is 0 Å². The summed E-state index contributed by atoms with van der Waals surface area (Å²) in [7, 11) is 0. The molecule has 0 fully saturated rings. The fourth-order valence-corrected chi connectivity index (χ4v) is 4.17. The summed E-state index contributed by atoms with van der Waals surface area (Å²) < 4.78 is 1.66. The van der Waals surface area contributed by atoms with Crippen LogP contribution < -0.4 is 5.56 Å². The van der Waals surface area contributed by atoms with Gasteiger partial charge >= 0.3 is 0 Å². The molecule has 0 aliphatic rings. The number of para-hydroxylation sites is 1. The summed E-state index contributed by atoms with van der Waals surface area (Å²) in [4.78, 5) is 18.4. The van der Waals surface area contributed by atoms with E-state index < -0.39 is 0 Å². The van der Waals surface area contributed by atoms with Gasteiger partial charge < -0.3 is 0 Å². The minimum absolute atomic E-state index is 0.121. The summed E-state index contributed by atoms with van der Waals surface area (Å²) in [5.74, 6) is 0.520. The molecule has 4 aromatic carbocycles. The number of hydrogen-bond acceptors (Lipinski definition) is 2. The topological polar surface area (TPSA) is 34.9 Å². The zero-order valence-electron chi connectivity index (χ0n) is 16.3. The molecule has 0 aliphatic carbocycles. The van der Waals surface area contributed by atoms with Crippen LogP contribution in [-0.2, 0) is 0 Å². The summed E-state index contributed by atoms with van der Waals surface area (Å²) in [5.41, 5.74) is 2.09. The Morgan fingerprint density at radius 2 is 1.52 bits per heavy atom. The second-order valence-electron chi connectivity index (χ2n) is 7.13. The van der Waals surface area contributed by atoms with Crippen molar-refractivity contribution in [2.75, 3.05) is 0 Å². The zero-order chi connectivity index (χ0) is 21.4. The lowest BCUT2D eigenvalue weighted by Crippen LogP contribution is -2.22. The molecule has 5 aromatic rings. The average molecular weight is 443 g/mol. The van der Waals surface area contributed by atoms with Crippen LogP contribution in [0.15, 0.2) is 89.7 Å². The summed E-state index contributed by atoms with van der Waals surface area (Å²) >= 11 is 12.3. The summed E-state index contributed by atoms with van der Waals surface area (Å²) in [6, 6.07) is 26.6. The highest BCUT2D eigenvalue weighted by Gasteiger charge is 2.13. The van der Waals surface area contributed by atoms with Crippen LogP contribution in [0.3, 0.4) is 0 Å². The van der Waals surface area contributed by atoms with Crippen molar-refractivity contribution >= 4 is 57.0 Å². The summed E-state index contributed by atoms with van der Waals surface area (Å²) in [6.45, 7) is 0. The monoisotopic (exact) mass is 442 g/mol. The van der Waals surface area contributed by atoms with Gasteiger partial charge in [0.1, 0.15) is 5.82 Å². The number of hydrogen-bond donors (Lipinski definition) is 0. The molecule has 0 saturated heterocycles. The minimum atomic E-state index is -0.121. The third-order valence-corrected chi connectivity index (χ3v) is 5.75. The first-order valence-electron chi connectivity index (χ1n) is 9.75. The Balaban J connectivity index is 1.80. The SMILES string of the molecule is O=c1c2ccccc2nc(/C=C\c2ccc(Cl)cc2Cl)n1-c1cccc2ccccc12. The first kappa shape index (κ1) is 19.6. The molecule has 5 rings (SSSR count). The van der Waals surface area contributed by atoms with Gasteiger partial charge in [-0.3, -0.25) is 9.36 Å². The van der Waals surface area contributed by atoms with Crippen molar-refractivity contribution in [2.24, 2.45) is 0 Å². The Labute approximate surface area is 188 Å². The highest BCUT2D eigenvalue weighted by Crippen LogP contribution is 2.25. The lowest BCUT2D eigenvalue weighted by molar-refractivity contribution is 0.952. The van der Waals surface area contributed by atoms with E-state index in [-0.39, 0.29) is 5.56 Å². The number of aromatic nitrogens is 2. The van der Waals surface area contributed by atoms with Gasteiger partial charge in [-0.25, -0.2) is 4.98 Å². The Morgan fingerprint density at radius 1 is 0.774 bits per heavy atom. The number of fused-ring (bicyclic) bond motifs is 2. The second kappa shape index (κ2) is 8.03. The average Bonchev–Trinajstić information content (AvgIpc) is 2.78. The van der Waals surface area contributed by atoms with Gasteiger partial charge in [0.2, 0.25) is 0 Å². The van der Waals surface area contributed by atoms with Crippen molar-refractivity contribution in [3.63, 3.8) is 0 Å². The van der Waals surface area contributed by atoms with Gasteiger partial charge in [0, 0.05) is 15.4 Å². The molecule has 0 bridgehead atoms. The zero-order valence-corrected chi connectivity index (χ0v) is 17.8. The molecule has 0 N–H and O–H groups in total. The highest BCUT2D eigenvalue weighted by molar-refractivity contribution is 6.35. The van der Waals surface area contributed by atoms with Gasteiger partial charge in [0.15, 0.2) is 0 Å². The molecule has 0 radical (unpaired) electrons. The molecular weight excluding hydrogens is 427 g/mol. The molecule has 0 amide bonds. The maximum absolute atomic E-state index is 13.6. The predicted octanol–water partition coefficient (Wildman–Crippen LogP) is 7.02. The molecule has 0 unspecified atom stereocenters. The van der Waals surface area contributed by atoms with Crippen LogP contribution in [0.5, 0.6) is 0 Å². The van der Waals surface area contributed by atoms with E-state index in [0.717, 1.165) is 22.0 Å². The summed E-state index contributed by atoms with van der Waals surface area (Å²) in [5, 5.41) is 3.69. The lowest BCUT2D eigenvalue weighted by atomic mass is 10.1. The smallest absolute Gasteiger partial charge is 0.266 e. The van der Waals surface area contributed by atoms with E-state index in [9.17, 15) is 4.79 Å². The largest absolute Gasteiger partial charge is 0.268 e. The van der Waals surface area contributed by atoms with E-state index in [2.05, 4.69) is 0 Å². The Hall–Kier alpha value is -3.40. The molecule has 1 heterocycles. The molecule has 0 aliphatic heterocycles. The maximum atomic E-state index is 13.6. The van der Waals surface area contributed by atoms with Crippen LogP contribution in [0.25, 0.3) is 39.5 Å². The van der Waals surface area contributed by atoms with Crippen LogP contribution in [0.1, 0.15) is 11.4 Å². The summed E-state index contributed by atoms with van der Waals surface area (Å²) in [6.07, 6.45) is 3.65. The minimum Gasteiger partial charge on any atom is -0.268 e. The van der Waals surface area contributed by atoms with E-state index in [0.29, 0.717) is 26.8 Å². The first-order chi connectivity index (χ1) is 15.1. The number of rotatable bonds is 3. The van der Waals surface area contributed by atoms with Crippen LogP contribution in [-0.4, -0.2) is 9.55 Å². The second-order valence-corrected chi connectivity index (χ2v) is 7.97. The van der Waals surface area contributed by atoms with Gasteiger partial charge in [0.25, 0.3) is 5.56 Å². The van der Waals surface area contributed by atoms with E-state index >= 15 is 0 Å². The highest BCUT2D eigenvalue weighted by atomic mass is 35.5. The van der Waals surface area contributed by atoms with Crippen LogP contribution in [0, 0.1) is 0 Å². The number of halogens is 2. The van der Waals surface area contributed by atoms with E-state index in [1.807, 2.05) is 78.9 Å². The van der Waals surface area contributed by atoms with E-state index in [1.54, 1.807) is 22.8 Å². The quantitative estimate of drug-likeness (QED) is 0.301. The van der Waals surface area contributed by atoms with Crippen molar-refractivity contribution in [1.29, 1.82) is 0 Å². The number of benzene rings is 4. The Kier molecular flexibility index (Phi) is 5.06. The lowest BCUT2D eigenvalue weighted by Gasteiger charge is -2.14. The first-order valence-corrected chi connectivity index (χ1v) is 10.5.